The van der Waals surface area contributed by atoms with Crippen LogP contribution >= 0.6 is 11.6 Å². The van der Waals surface area contributed by atoms with Gasteiger partial charge >= 0.3 is 0 Å². The van der Waals surface area contributed by atoms with Crippen LogP contribution in [0.3, 0.4) is 0 Å². The summed E-state index contributed by atoms with van der Waals surface area (Å²) in [5.74, 6) is 2.47. The Bertz CT molecular complexity index is 1400. The maximum absolute atomic E-state index is 13.3. The van der Waals surface area contributed by atoms with Crippen LogP contribution in [-0.2, 0) is 6.54 Å². The average Bonchev–Trinajstić information content (AvgIpc) is 3.61. The summed E-state index contributed by atoms with van der Waals surface area (Å²) in [5, 5.41) is 18.0. The number of nitrogens with one attached hydrogen (secondary N) is 2. The number of amides is 1. The second-order valence-electron chi connectivity index (χ2n) is 10.1. The van der Waals surface area contributed by atoms with E-state index in [1.807, 2.05) is 18.2 Å². The molecule has 9 heteroatoms. The van der Waals surface area contributed by atoms with E-state index in [1.54, 1.807) is 24.3 Å². The normalized spacial score (nSPS) is 21.1. The first-order valence-corrected chi connectivity index (χ1v) is 13.4. The number of rotatable bonds is 7. The van der Waals surface area contributed by atoms with Gasteiger partial charge in [-0.05, 0) is 71.9 Å². The maximum atomic E-state index is 13.3. The van der Waals surface area contributed by atoms with Gasteiger partial charge in [-0.25, -0.2) is 0 Å². The van der Waals surface area contributed by atoms with Gasteiger partial charge < -0.3 is 10.1 Å². The molecule has 38 heavy (non-hydrogen) atoms. The van der Waals surface area contributed by atoms with E-state index in [2.05, 4.69) is 61.2 Å². The van der Waals surface area contributed by atoms with Gasteiger partial charge in [-0.15, -0.1) is 10.2 Å². The number of H-pyrrole nitrogens is 1. The molecule has 2 N–H and O–H groups in total. The molecule has 1 aliphatic heterocycles. The zero-order valence-corrected chi connectivity index (χ0v) is 21.6. The van der Waals surface area contributed by atoms with E-state index in [9.17, 15) is 4.79 Å². The molecule has 8 nitrogen and oxygen atoms in total. The molecule has 1 aromatic heterocycles. The average molecular weight is 529 g/mol. The minimum absolute atomic E-state index is 0.0721. The Balaban J connectivity index is 1.14. The number of hydrogen-bond donors (Lipinski definition) is 2. The van der Waals surface area contributed by atoms with Crippen LogP contribution in [0.5, 0.6) is 11.5 Å². The van der Waals surface area contributed by atoms with Gasteiger partial charge in [0.05, 0.1) is 5.56 Å². The van der Waals surface area contributed by atoms with E-state index in [1.165, 1.54) is 12.0 Å². The summed E-state index contributed by atoms with van der Waals surface area (Å²) in [7, 11) is 0. The van der Waals surface area contributed by atoms with Gasteiger partial charge in [0.25, 0.3) is 5.91 Å². The molecule has 2 heterocycles. The third-order valence-corrected chi connectivity index (χ3v) is 7.83. The number of likely N-dealkylation sites (tertiary alicyclic amines) is 1. The van der Waals surface area contributed by atoms with Gasteiger partial charge in [0, 0.05) is 36.3 Å². The number of aromatic nitrogens is 4. The van der Waals surface area contributed by atoms with Crippen molar-refractivity contribution in [2.45, 2.75) is 31.8 Å². The number of fused-ring (bicyclic) bond motifs is 1. The number of carbonyl (C=O) groups excluding carboxylic acids is 1. The Morgan fingerprint density at radius 1 is 1.05 bits per heavy atom. The van der Waals surface area contributed by atoms with Crippen LogP contribution in [0.2, 0.25) is 5.02 Å². The van der Waals surface area contributed by atoms with Gasteiger partial charge in [0.1, 0.15) is 11.5 Å². The number of benzene rings is 3. The summed E-state index contributed by atoms with van der Waals surface area (Å²) in [6.07, 6.45) is 3.39. The molecule has 3 atom stereocenters. The van der Waals surface area contributed by atoms with Crippen molar-refractivity contribution in [2.24, 2.45) is 11.8 Å². The van der Waals surface area contributed by atoms with Crippen molar-refractivity contribution in [3.05, 3.63) is 88.9 Å². The molecule has 3 unspecified atom stereocenters. The van der Waals surface area contributed by atoms with Crippen LogP contribution in [0.1, 0.15) is 35.2 Å². The summed E-state index contributed by atoms with van der Waals surface area (Å²) in [5.41, 5.74) is 2.52. The minimum Gasteiger partial charge on any atom is -0.457 e. The predicted octanol–water partition coefficient (Wildman–Crippen LogP) is 5.34. The van der Waals surface area contributed by atoms with Gasteiger partial charge in [-0.2, -0.15) is 5.21 Å². The van der Waals surface area contributed by atoms with E-state index >= 15 is 0 Å². The highest BCUT2D eigenvalue weighted by Gasteiger charge is 2.40. The number of hydrogen-bond acceptors (Lipinski definition) is 6. The van der Waals surface area contributed by atoms with Crippen molar-refractivity contribution >= 4 is 17.5 Å². The number of halogens is 1. The first kappa shape index (κ1) is 24.6. The molecule has 3 aromatic carbocycles. The number of nitrogens with zero attached hydrogens (tertiary/aromatic N) is 4. The number of aromatic amines is 1. The largest absolute Gasteiger partial charge is 0.457 e. The monoisotopic (exact) mass is 528 g/mol. The van der Waals surface area contributed by atoms with Gasteiger partial charge in [0.15, 0.2) is 0 Å². The maximum Gasteiger partial charge on any atom is 0.251 e. The number of ether oxygens (including phenoxy) is 1. The fourth-order valence-electron chi connectivity index (χ4n) is 5.84. The van der Waals surface area contributed by atoms with E-state index in [-0.39, 0.29) is 11.9 Å². The molecular formula is C29H29ClN6O2. The highest BCUT2D eigenvalue weighted by molar-refractivity contribution is 6.30. The predicted molar refractivity (Wildman–Crippen MR) is 145 cm³/mol. The molecule has 6 rings (SSSR count). The van der Waals surface area contributed by atoms with Gasteiger partial charge in [-0.3, -0.25) is 9.69 Å². The van der Waals surface area contributed by atoms with E-state index in [0.717, 1.165) is 32.5 Å². The van der Waals surface area contributed by atoms with E-state index in [0.29, 0.717) is 45.3 Å². The lowest BCUT2D eigenvalue weighted by molar-refractivity contribution is 0.0896. The minimum atomic E-state index is -0.0721. The molecule has 2 fully saturated rings. The summed E-state index contributed by atoms with van der Waals surface area (Å²) in [6, 6.07) is 23.2. The van der Waals surface area contributed by atoms with Crippen LogP contribution < -0.4 is 10.1 Å². The Kier molecular flexibility index (Phi) is 7.07. The molecule has 2 aliphatic rings. The highest BCUT2D eigenvalue weighted by atomic mass is 35.5. The third-order valence-electron chi connectivity index (χ3n) is 7.59. The molecule has 1 saturated heterocycles. The molecule has 1 amide bonds. The Labute approximate surface area is 226 Å². The van der Waals surface area contributed by atoms with Crippen LogP contribution in [0.25, 0.3) is 11.4 Å². The van der Waals surface area contributed by atoms with Crippen molar-refractivity contribution < 1.29 is 9.53 Å². The molecule has 1 aliphatic carbocycles. The quantitative estimate of drug-likeness (QED) is 0.336. The van der Waals surface area contributed by atoms with Crippen molar-refractivity contribution in [3.8, 4) is 22.9 Å². The number of tetrazole rings is 1. The molecule has 0 bridgehead atoms. The topological polar surface area (TPSA) is 96.0 Å². The molecule has 0 radical (unpaired) electrons. The van der Waals surface area contributed by atoms with Crippen molar-refractivity contribution in [1.82, 2.24) is 30.8 Å². The first-order valence-electron chi connectivity index (χ1n) is 13.0. The molecule has 194 valence electrons. The SMILES string of the molecule is O=C(NC1CCCC2CN(Cc3ccccc3)CC21)c1cccc(Oc2ccc(Cl)cc2-c2nn[nH]n2)c1. The Morgan fingerprint density at radius 2 is 1.95 bits per heavy atom. The van der Waals surface area contributed by atoms with Crippen molar-refractivity contribution in [1.29, 1.82) is 0 Å². The van der Waals surface area contributed by atoms with Gasteiger partial charge in [-0.1, -0.05) is 54.4 Å². The second kappa shape index (κ2) is 10.9. The summed E-state index contributed by atoms with van der Waals surface area (Å²) in [4.78, 5) is 15.9. The number of carbonyl (C=O) groups is 1. The van der Waals surface area contributed by atoms with Crippen LogP contribution in [0.15, 0.2) is 72.8 Å². The van der Waals surface area contributed by atoms with E-state index in [4.69, 9.17) is 16.3 Å². The lowest BCUT2D eigenvalue weighted by Crippen LogP contribution is -2.45. The molecule has 4 aromatic rings. The Hall–Kier alpha value is -3.75. The smallest absolute Gasteiger partial charge is 0.251 e. The van der Waals surface area contributed by atoms with Gasteiger partial charge in [0.2, 0.25) is 5.82 Å². The zero-order valence-electron chi connectivity index (χ0n) is 20.9. The highest BCUT2D eigenvalue weighted by Crippen LogP contribution is 2.37. The van der Waals surface area contributed by atoms with Crippen LogP contribution in [-0.4, -0.2) is 50.6 Å². The third kappa shape index (κ3) is 5.42. The first-order chi connectivity index (χ1) is 18.6. The van der Waals surface area contributed by atoms with Crippen molar-refractivity contribution in [3.63, 3.8) is 0 Å². The lowest BCUT2D eigenvalue weighted by atomic mass is 9.78. The fourth-order valence-corrected chi connectivity index (χ4v) is 6.01. The van der Waals surface area contributed by atoms with Crippen LogP contribution in [0, 0.1) is 11.8 Å². The second-order valence-corrected chi connectivity index (χ2v) is 10.6. The molecule has 1 saturated carbocycles. The molecule has 0 spiro atoms. The van der Waals surface area contributed by atoms with Crippen molar-refractivity contribution in [2.75, 3.05) is 13.1 Å². The Morgan fingerprint density at radius 3 is 2.79 bits per heavy atom. The summed E-state index contributed by atoms with van der Waals surface area (Å²) in [6.45, 7) is 3.08. The fraction of sp³-hybridized carbons (Fsp3) is 0.310. The summed E-state index contributed by atoms with van der Waals surface area (Å²) >= 11 is 6.19. The molecular weight excluding hydrogens is 500 g/mol. The van der Waals surface area contributed by atoms with E-state index < -0.39 is 0 Å². The standard InChI is InChI=1S/C29H29ClN6O2/c30-22-12-13-27(24(15-22)28-32-34-35-33-28)38-23-10-4-8-20(14-23)29(37)31-26-11-5-9-21-17-36(18-25(21)26)16-19-6-2-1-3-7-19/h1-4,6-8,10,12-15,21,25-26H,5,9,11,16-18H2,(H,31,37)(H,32,33,34,35). The lowest BCUT2D eigenvalue weighted by Gasteiger charge is -2.33. The zero-order chi connectivity index (χ0) is 25.9. The summed E-state index contributed by atoms with van der Waals surface area (Å²) < 4.78 is 6.14. The van der Waals surface area contributed by atoms with Crippen LogP contribution in [0.4, 0.5) is 0 Å².